The summed E-state index contributed by atoms with van der Waals surface area (Å²) < 4.78 is 12.2. The van der Waals surface area contributed by atoms with Gasteiger partial charge in [-0.3, -0.25) is 4.79 Å². The first-order valence-electron chi connectivity index (χ1n) is 10.0. The number of aliphatic carboxylic acids is 1. The minimum atomic E-state index is -1.27. The van der Waals surface area contributed by atoms with E-state index in [0.717, 1.165) is 5.56 Å². The molecule has 6 nitrogen and oxygen atoms in total. The highest BCUT2D eigenvalue weighted by atomic mass is 79.9. The van der Waals surface area contributed by atoms with Crippen LogP contribution in [-0.2, 0) is 11.4 Å². The monoisotopic (exact) mass is 529 g/mol. The Kier molecular flexibility index (Phi) is 8.52. The fraction of sp³-hybridized carbons (Fsp3) is 0.120. The van der Waals surface area contributed by atoms with Gasteiger partial charge in [-0.25, -0.2) is 4.79 Å². The van der Waals surface area contributed by atoms with Crippen molar-refractivity contribution in [1.82, 2.24) is 5.32 Å². The Bertz CT molecular complexity index is 1180. The Hall–Kier alpha value is -3.29. The Morgan fingerprint density at radius 3 is 2.48 bits per heavy atom. The Labute approximate surface area is 204 Å². The summed E-state index contributed by atoms with van der Waals surface area (Å²) in [5, 5.41) is 12.7. The topological polar surface area (TPSA) is 84.9 Å². The van der Waals surface area contributed by atoms with Crippen molar-refractivity contribution in [3.63, 3.8) is 0 Å². The summed E-state index contributed by atoms with van der Waals surface area (Å²) >= 11 is 9.51. The van der Waals surface area contributed by atoms with E-state index in [1.165, 1.54) is 6.08 Å². The van der Waals surface area contributed by atoms with Crippen LogP contribution in [0.15, 0.2) is 76.9 Å². The zero-order chi connectivity index (χ0) is 23.8. The molecule has 170 valence electrons. The van der Waals surface area contributed by atoms with Crippen LogP contribution in [0.1, 0.15) is 28.4 Å². The van der Waals surface area contributed by atoms with E-state index < -0.39 is 11.9 Å². The van der Waals surface area contributed by atoms with Crippen molar-refractivity contribution in [3.05, 3.63) is 98.6 Å². The molecule has 0 bridgehead atoms. The van der Waals surface area contributed by atoms with Crippen LogP contribution in [0, 0.1) is 0 Å². The number of hydrogen-bond donors (Lipinski definition) is 2. The van der Waals surface area contributed by atoms with Gasteiger partial charge < -0.3 is 19.9 Å². The van der Waals surface area contributed by atoms with Crippen LogP contribution in [0.2, 0.25) is 5.02 Å². The van der Waals surface area contributed by atoms with Gasteiger partial charge in [-0.15, -0.1) is 0 Å². The van der Waals surface area contributed by atoms with Gasteiger partial charge in [-0.1, -0.05) is 41.9 Å². The predicted molar refractivity (Wildman–Crippen MR) is 131 cm³/mol. The molecular formula is C25H21BrClNO5. The maximum absolute atomic E-state index is 12.4. The molecule has 0 aliphatic carbocycles. The fourth-order valence-electron chi connectivity index (χ4n) is 2.96. The Morgan fingerprint density at radius 2 is 1.82 bits per heavy atom. The van der Waals surface area contributed by atoms with Gasteiger partial charge in [0.15, 0.2) is 11.5 Å². The zero-order valence-corrected chi connectivity index (χ0v) is 20.0. The standard InChI is InChI=1S/C25H21BrClNO5/c1-2-32-22-14-17(12-20(26)23(22)33-15-16-7-6-10-19(27)11-16)13-21(25(30)31)28-24(29)18-8-4-3-5-9-18/h3-14H,2,15H2,1H3,(H,28,29)(H,30,31). The molecule has 0 atom stereocenters. The molecule has 8 heteroatoms. The molecule has 0 aliphatic rings. The third-order valence-electron chi connectivity index (χ3n) is 4.43. The van der Waals surface area contributed by atoms with Gasteiger partial charge in [0.05, 0.1) is 11.1 Å². The van der Waals surface area contributed by atoms with Crippen LogP contribution < -0.4 is 14.8 Å². The quantitative estimate of drug-likeness (QED) is 0.335. The number of carboxylic acids is 1. The molecule has 0 fully saturated rings. The summed E-state index contributed by atoms with van der Waals surface area (Å²) in [5.74, 6) is -0.886. The molecule has 0 heterocycles. The number of nitrogens with one attached hydrogen (secondary N) is 1. The van der Waals surface area contributed by atoms with Crippen LogP contribution in [0.25, 0.3) is 6.08 Å². The van der Waals surface area contributed by atoms with Crippen LogP contribution in [-0.4, -0.2) is 23.6 Å². The van der Waals surface area contributed by atoms with Crippen LogP contribution in [0.3, 0.4) is 0 Å². The molecule has 0 radical (unpaired) electrons. The average Bonchev–Trinajstić information content (AvgIpc) is 2.79. The first-order valence-corrected chi connectivity index (χ1v) is 11.2. The second-order valence-electron chi connectivity index (χ2n) is 6.86. The van der Waals surface area contributed by atoms with Gasteiger partial charge in [0.1, 0.15) is 12.3 Å². The van der Waals surface area contributed by atoms with Crippen molar-refractivity contribution < 1.29 is 24.2 Å². The molecule has 0 aliphatic heterocycles. The number of hydrogen-bond acceptors (Lipinski definition) is 4. The number of halogens is 2. The molecule has 33 heavy (non-hydrogen) atoms. The molecule has 1 amide bonds. The molecular weight excluding hydrogens is 510 g/mol. The van der Waals surface area contributed by atoms with E-state index >= 15 is 0 Å². The highest BCUT2D eigenvalue weighted by Gasteiger charge is 2.16. The van der Waals surface area contributed by atoms with E-state index in [2.05, 4.69) is 21.2 Å². The second kappa shape index (κ2) is 11.5. The molecule has 3 rings (SSSR count). The number of benzene rings is 3. The van der Waals surface area contributed by atoms with Crippen molar-refractivity contribution in [2.24, 2.45) is 0 Å². The number of carbonyl (C=O) groups is 2. The lowest BCUT2D eigenvalue weighted by atomic mass is 10.1. The molecule has 0 saturated heterocycles. The maximum Gasteiger partial charge on any atom is 0.352 e. The van der Waals surface area contributed by atoms with Gasteiger partial charge in [-0.2, -0.15) is 0 Å². The van der Waals surface area contributed by atoms with Gasteiger partial charge in [0.2, 0.25) is 0 Å². The Morgan fingerprint density at radius 1 is 1.06 bits per heavy atom. The van der Waals surface area contributed by atoms with Gasteiger partial charge in [0, 0.05) is 10.6 Å². The van der Waals surface area contributed by atoms with E-state index in [1.54, 1.807) is 48.5 Å². The van der Waals surface area contributed by atoms with E-state index in [-0.39, 0.29) is 12.3 Å². The molecule has 0 spiro atoms. The number of amides is 1. The minimum absolute atomic E-state index is 0.266. The van der Waals surface area contributed by atoms with E-state index in [0.29, 0.717) is 38.7 Å². The summed E-state index contributed by atoms with van der Waals surface area (Å²) in [4.78, 5) is 24.2. The fourth-order valence-corrected chi connectivity index (χ4v) is 3.75. The third kappa shape index (κ3) is 6.84. The van der Waals surface area contributed by atoms with Crippen LogP contribution in [0.4, 0.5) is 0 Å². The molecule has 0 aromatic heterocycles. The summed E-state index contributed by atoms with van der Waals surface area (Å²) in [6.07, 6.45) is 1.36. The van der Waals surface area contributed by atoms with Gasteiger partial charge in [-0.05, 0) is 76.5 Å². The molecule has 3 aromatic rings. The van der Waals surface area contributed by atoms with Gasteiger partial charge >= 0.3 is 5.97 Å². The summed E-state index contributed by atoms with van der Waals surface area (Å²) in [5.41, 5.74) is 1.47. The normalized spacial score (nSPS) is 11.1. The van der Waals surface area contributed by atoms with Crippen molar-refractivity contribution in [2.45, 2.75) is 13.5 Å². The lowest BCUT2D eigenvalue weighted by molar-refractivity contribution is -0.132. The van der Waals surface area contributed by atoms with E-state index in [4.69, 9.17) is 21.1 Å². The number of rotatable bonds is 9. The highest BCUT2D eigenvalue weighted by molar-refractivity contribution is 9.10. The maximum atomic E-state index is 12.4. The summed E-state index contributed by atoms with van der Waals surface area (Å²) in [6, 6.07) is 19.0. The number of ether oxygens (including phenoxy) is 2. The van der Waals surface area contributed by atoms with Crippen LogP contribution >= 0.6 is 27.5 Å². The highest BCUT2D eigenvalue weighted by Crippen LogP contribution is 2.38. The second-order valence-corrected chi connectivity index (χ2v) is 8.16. The zero-order valence-electron chi connectivity index (χ0n) is 17.7. The first kappa shape index (κ1) is 24.4. The number of carboxylic acid groups (broad SMARTS) is 1. The molecule has 3 aromatic carbocycles. The summed E-state index contributed by atoms with van der Waals surface area (Å²) in [7, 11) is 0. The third-order valence-corrected chi connectivity index (χ3v) is 5.25. The largest absolute Gasteiger partial charge is 0.490 e. The van der Waals surface area contributed by atoms with Gasteiger partial charge in [0.25, 0.3) is 5.91 Å². The average molecular weight is 531 g/mol. The predicted octanol–water partition coefficient (Wildman–Crippen LogP) is 5.94. The lowest BCUT2D eigenvalue weighted by Crippen LogP contribution is -2.27. The molecule has 0 saturated carbocycles. The molecule has 0 unspecified atom stereocenters. The summed E-state index contributed by atoms with van der Waals surface area (Å²) in [6.45, 7) is 2.48. The lowest BCUT2D eigenvalue weighted by Gasteiger charge is -2.15. The van der Waals surface area contributed by atoms with Crippen molar-refractivity contribution in [1.29, 1.82) is 0 Å². The van der Waals surface area contributed by atoms with Crippen molar-refractivity contribution >= 4 is 45.5 Å². The van der Waals surface area contributed by atoms with E-state index in [9.17, 15) is 14.7 Å². The SMILES string of the molecule is CCOc1cc(C=C(NC(=O)c2ccccc2)C(=O)O)cc(Br)c1OCc1cccc(Cl)c1. The Balaban J connectivity index is 1.87. The number of carbonyl (C=O) groups excluding carboxylic acids is 1. The van der Waals surface area contributed by atoms with E-state index in [1.807, 2.05) is 25.1 Å². The van der Waals surface area contributed by atoms with Crippen molar-refractivity contribution in [2.75, 3.05) is 6.61 Å². The van der Waals surface area contributed by atoms with Crippen LogP contribution in [0.5, 0.6) is 11.5 Å². The molecule has 2 N–H and O–H groups in total. The van der Waals surface area contributed by atoms with Crippen molar-refractivity contribution in [3.8, 4) is 11.5 Å². The first-order chi connectivity index (χ1) is 15.9. The minimum Gasteiger partial charge on any atom is -0.490 e. The smallest absolute Gasteiger partial charge is 0.352 e.